The van der Waals surface area contributed by atoms with Gasteiger partial charge in [0.25, 0.3) is 0 Å². The van der Waals surface area contributed by atoms with Gasteiger partial charge in [0.05, 0.1) is 16.6 Å². The van der Waals surface area contributed by atoms with Crippen LogP contribution in [-0.2, 0) is 5.41 Å². The standard InChI is InChI=1S/C27H34ClFN4/c1-25(2,3)16-7-8-17-22(13-16)33-24(31)27(17,6)10-9-26(4,5)18-14-21-15(12-20(18)29)11-19(28)23(30)32-21/h7-8,11-14,17,22H,9-10H2,1-6H3,(H2,30,32)(H2,31,33). The molecule has 1 aliphatic carbocycles. The van der Waals surface area contributed by atoms with Crippen molar-refractivity contribution in [3.63, 3.8) is 0 Å². The molecule has 3 unspecified atom stereocenters. The van der Waals surface area contributed by atoms with E-state index >= 15 is 4.39 Å². The highest BCUT2D eigenvalue weighted by Gasteiger charge is 2.47. The maximum absolute atomic E-state index is 15.2. The molecule has 0 saturated carbocycles. The molecule has 1 aliphatic heterocycles. The number of rotatable bonds is 4. The Labute approximate surface area is 201 Å². The fraction of sp³-hybridized carbons (Fsp3) is 0.481. The number of allylic oxidation sites excluding steroid dienone is 2. The molecule has 4 N–H and O–H groups in total. The third-order valence-electron chi connectivity index (χ3n) is 7.56. The summed E-state index contributed by atoms with van der Waals surface area (Å²) in [5.41, 5.74) is 14.3. The smallest absolute Gasteiger partial charge is 0.142 e. The van der Waals surface area contributed by atoms with Crippen molar-refractivity contribution in [1.29, 1.82) is 0 Å². The Bertz CT molecular complexity index is 1200. The van der Waals surface area contributed by atoms with Crippen molar-refractivity contribution in [2.45, 2.75) is 65.8 Å². The highest BCUT2D eigenvalue weighted by Crippen LogP contribution is 2.48. The second kappa shape index (κ2) is 7.83. The van der Waals surface area contributed by atoms with Crippen molar-refractivity contribution in [3.05, 3.63) is 58.4 Å². The summed E-state index contributed by atoms with van der Waals surface area (Å²) in [4.78, 5) is 9.19. The number of aliphatic imine (C=N–C) groups is 1. The monoisotopic (exact) mass is 468 g/mol. The Hall–Kier alpha value is -2.40. The van der Waals surface area contributed by atoms with Gasteiger partial charge in [-0.05, 0) is 53.0 Å². The third-order valence-corrected chi connectivity index (χ3v) is 7.86. The molecule has 2 aromatic rings. The Kier molecular flexibility index (Phi) is 5.64. The van der Waals surface area contributed by atoms with Gasteiger partial charge in [-0.15, -0.1) is 0 Å². The maximum Gasteiger partial charge on any atom is 0.142 e. The topological polar surface area (TPSA) is 77.3 Å². The van der Waals surface area contributed by atoms with Crippen molar-refractivity contribution < 1.29 is 4.39 Å². The van der Waals surface area contributed by atoms with Gasteiger partial charge in [0.1, 0.15) is 17.5 Å². The van der Waals surface area contributed by atoms with Crippen molar-refractivity contribution >= 4 is 34.2 Å². The average Bonchev–Trinajstić information content (AvgIpc) is 2.97. The first-order valence-electron chi connectivity index (χ1n) is 11.5. The minimum absolute atomic E-state index is 0.0617. The first kappa shape index (κ1) is 23.7. The van der Waals surface area contributed by atoms with E-state index in [1.54, 1.807) is 12.1 Å². The highest BCUT2D eigenvalue weighted by molar-refractivity contribution is 6.33. The Balaban J connectivity index is 1.59. The maximum atomic E-state index is 15.2. The summed E-state index contributed by atoms with van der Waals surface area (Å²) in [6.45, 7) is 12.9. The van der Waals surface area contributed by atoms with Gasteiger partial charge in [-0.2, -0.15) is 0 Å². The van der Waals surface area contributed by atoms with Gasteiger partial charge in [-0.3, -0.25) is 4.99 Å². The lowest BCUT2D eigenvalue weighted by atomic mass is 9.66. The lowest BCUT2D eigenvalue weighted by Gasteiger charge is -2.37. The van der Waals surface area contributed by atoms with Crippen LogP contribution in [0.2, 0.25) is 5.02 Å². The van der Waals surface area contributed by atoms with Crippen molar-refractivity contribution in [1.82, 2.24) is 4.98 Å². The number of nitrogen functional groups attached to an aromatic ring is 1. The normalized spacial score (nSPS) is 25.2. The first-order valence-corrected chi connectivity index (χ1v) is 11.9. The molecule has 33 heavy (non-hydrogen) atoms. The van der Waals surface area contributed by atoms with Crippen LogP contribution in [0, 0.1) is 22.6 Å². The van der Waals surface area contributed by atoms with Crippen LogP contribution in [0.5, 0.6) is 0 Å². The molecular formula is C27H34ClFN4. The molecule has 0 fully saturated rings. The molecule has 1 aromatic heterocycles. The molecule has 0 bridgehead atoms. The molecule has 0 saturated heterocycles. The molecule has 2 heterocycles. The first-order chi connectivity index (χ1) is 15.2. The van der Waals surface area contributed by atoms with Gasteiger partial charge in [-0.25, -0.2) is 9.37 Å². The predicted octanol–water partition coefficient (Wildman–Crippen LogP) is 6.57. The van der Waals surface area contributed by atoms with Crippen molar-refractivity contribution in [3.8, 4) is 0 Å². The number of nitrogens with zero attached hydrogens (tertiary/aromatic N) is 2. The number of pyridine rings is 1. The van der Waals surface area contributed by atoms with E-state index in [2.05, 4.69) is 64.8 Å². The Morgan fingerprint density at radius 2 is 1.82 bits per heavy atom. The molecule has 176 valence electrons. The molecule has 0 amide bonds. The van der Waals surface area contributed by atoms with E-state index in [0.29, 0.717) is 27.3 Å². The minimum Gasteiger partial charge on any atom is -0.387 e. The van der Waals surface area contributed by atoms with Crippen LogP contribution in [-0.4, -0.2) is 16.9 Å². The largest absolute Gasteiger partial charge is 0.387 e. The molecule has 4 rings (SSSR count). The van der Waals surface area contributed by atoms with Crippen LogP contribution in [0.1, 0.15) is 59.9 Å². The lowest BCUT2D eigenvalue weighted by Crippen LogP contribution is -2.39. The van der Waals surface area contributed by atoms with E-state index in [1.165, 1.54) is 11.6 Å². The summed E-state index contributed by atoms with van der Waals surface area (Å²) >= 11 is 6.07. The number of hydrogen-bond donors (Lipinski definition) is 2. The predicted molar refractivity (Wildman–Crippen MR) is 137 cm³/mol. The van der Waals surface area contributed by atoms with Crippen LogP contribution in [0.3, 0.4) is 0 Å². The van der Waals surface area contributed by atoms with E-state index < -0.39 is 5.41 Å². The fourth-order valence-corrected chi connectivity index (χ4v) is 5.21. The number of aromatic nitrogens is 1. The summed E-state index contributed by atoms with van der Waals surface area (Å²) in [7, 11) is 0. The number of nitrogens with two attached hydrogens (primary N) is 2. The number of anilines is 1. The van der Waals surface area contributed by atoms with Crippen LogP contribution in [0.15, 0.2) is 47.0 Å². The Morgan fingerprint density at radius 3 is 2.48 bits per heavy atom. The number of hydrogen-bond acceptors (Lipinski definition) is 4. The van der Waals surface area contributed by atoms with Crippen LogP contribution in [0.4, 0.5) is 10.2 Å². The average molecular weight is 469 g/mol. The van der Waals surface area contributed by atoms with E-state index in [-0.39, 0.29) is 34.4 Å². The SMILES string of the molecule is CC(C)(C)C1=CC2N=C(N)C(C)(CCC(C)(C)c3cc4nc(N)c(Cl)cc4cc3F)C2C=C1. The molecule has 3 atom stereocenters. The number of halogens is 2. The van der Waals surface area contributed by atoms with Gasteiger partial charge in [0, 0.05) is 16.7 Å². The number of fused-ring (bicyclic) bond motifs is 2. The van der Waals surface area contributed by atoms with Gasteiger partial charge < -0.3 is 11.5 Å². The molecule has 0 spiro atoms. The molecule has 1 aromatic carbocycles. The Morgan fingerprint density at radius 1 is 1.12 bits per heavy atom. The van der Waals surface area contributed by atoms with Crippen molar-refractivity contribution in [2.75, 3.05) is 5.73 Å². The molecular weight excluding hydrogens is 435 g/mol. The van der Waals surface area contributed by atoms with E-state index in [9.17, 15) is 0 Å². The molecule has 4 nitrogen and oxygen atoms in total. The molecule has 2 aliphatic rings. The summed E-state index contributed by atoms with van der Waals surface area (Å²) < 4.78 is 15.2. The lowest BCUT2D eigenvalue weighted by molar-refractivity contribution is 0.277. The molecule has 0 radical (unpaired) electrons. The summed E-state index contributed by atoms with van der Waals surface area (Å²) in [6.07, 6.45) is 8.31. The zero-order valence-corrected chi connectivity index (χ0v) is 21.1. The zero-order chi connectivity index (χ0) is 24.3. The van der Waals surface area contributed by atoms with Crippen LogP contribution in [0.25, 0.3) is 10.9 Å². The highest BCUT2D eigenvalue weighted by atomic mass is 35.5. The molecule has 6 heteroatoms. The van der Waals surface area contributed by atoms with Gasteiger partial charge in [0.2, 0.25) is 0 Å². The number of amidine groups is 1. The second-order valence-electron chi connectivity index (χ2n) is 11.4. The zero-order valence-electron chi connectivity index (χ0n) is 20.3. The second-order valence-corrected chi connectivity index (χ2v) is 11.9. The fourth-order valence-electron chi connectivity index (χ4n) is 5.05. The third kappa shape index (κ3) is 4.16. The van der Waals surface area contributed by atoms with Crippen LogP contribution < -0.4 is 11.5 Å². The van der Waals surface area contributed by atoms with Gasteiger partial charge in [0.15, 0.2) is 0 Å². The van der Waals surface area contributed by atoms with E-state index in [0.717, 1.165) is 12.8 Å². The van der Waals surface area contributed by atoms with Crippen molar-refractivity contribution in [2.24, 2.45) is 27.5 Å². The van der Waals surface area contributed by atoms with Gasteiger partial charge in [-0.1, -0.05) is 71.4 Å². The quantitative estimate of drug-likeness (QED) is 0.532. The summed E-state index contributed by atoms with van der Waals surface area (Å²) in [5.74, 6) is 0.887. The minimum atomic E-state index is -0.430. The van der Waals surface area contributed by atoms with Gasteiger partial charge >= 0.3 is 0 Å². The van der Waals surface area contributed by atoms with E-state index in [4.69, 9.17) is 28.1 Å². The summed E-state index contributed by atoms with van der Waals surface area (Å²) in [6, 6.07) is 5.01. The van der Waals surface area contributed by atoms with Crippen LogP contribution >= 0.6 is 11.6 Å². The number of benzene rings is 1. The van der Waals surface area contributed by atoms with E-state index in [1.807, 2.05) is 0 Å². The summed E-state index contributed by atoms with van der Waals surface area (Å²) in [5, 5.41) is 0.971.